The molecule has 4 aliphatic rings. The van der Waals surface area contributed by atoms with Gasteiger partial charge in [0.1, 0.15) is 0 Å². The first kappa shape index (κ1) is 25.2. The van der Waals surface area contributed by atoms with Crippen molar-refractivity contribution in [3.8, 4) is 11.5 Å². The third-order valence-electron chi connectivity index (χ3n) is 9.76. The molecule has 1 N–H and O–H groups in total. The molecule has 2 heterocycles. The Morgan fingerprint density at radius 1 is 1.05 bits per heavy atom. The van der Waals surface area contributed by atoms with Crippen LogP contribution in [0.5, 0.6) is 11.5 Å². The number of benzene rings is 3. The molecular formula is C33H31NO6. The van der Waals surface area contributed by atoms with Crippen LogP contribution >= 0.6 is 0 Å². The average Bonchev–Trinajstić information content (AvgIpc) is 3.34. The molecular weight excluding hydrogens is 506 g/mol. The normalized spacial score (nSPS) is 28.8. The fourth-order valence-corrected chi connectivity index (χ4v) is 7.64. The molecule has 4 unspecified atom stereocenters. The summed E-state index contributed by atoms with van der Waals surface area (Å²) in [6, 6.07) is 19.7. The summed E-state index contributed by atoms with van der Waals surface area (Å²) < 4.78 is 12.3. The van der Waals surface area contributed by atoms with E-state index < -0.39 is 29.0 Å². The van der Waals surface area contributed by atoms with Crippen LogP contribution < -0.4 is 9.47 Å². The molecule has 7 heteroatoms. The highest BCUT2D eigenvalue weighted by Gasteiger charge is 2.72. The maximum absolute atomic E-state index is 13.4. The van der Waals surface area contributed by atoms with E-state index in [1.54, 1.807) is 49.4 Å². The topological polar surface area (TPSA) is 93.1 Å². The van der Waals surface area contributed by atoms with Gasteiger partial charge in [0, 0.05) is 29.2 Å². The Morgan fingerprint density at radius 3 is 2.62 bits per heavy atom. The monoisotopic (exact) mass is 537 g/mol. The van der Waals surface area contributed by atoms with Gasteiger partial charge in [-0.1, -0.05) is 54.6 Å². The standard InChI is InChI=1S/C33H31NO6/c1-19(21-9-6-10-23(17-21)28(36)20-7-4-3-5-8-20)31(37)39-25-12-11-22-18-26-33(38)14-13-24(35)30-32(33,15-16-34(26)2)27(22)29(25)40-30/h3-12,17,19,26,30,38H,13-16,18H2,1-2H3/t19?,26?,30?,32?,33-/m1/s1. The summed E-state index contributed by atoms with van der Waals surface area (Å²) in [6.45, 7) is 2.49. The smallest absolute Gasteiger partial charge is 0.318 e. The number of likely N-dealkylation sites (tertiary alicyclic amines) is 1. The first-order valence-electron chi connectivity index (χ1n) is 13.9. The largest absolute Gasteiger partial charge is 0.477 e. The van der Waals surface area contributed by atoms with E-state index in [9.17, 15) is 19.5 Å². The van der Waals surface area contributed by atoms with E-state index in [-0.39, 0.29) is 29.8 Å². The number of ketones is 2. The second-order valence-corrected chi connectivity index (χ2v) is 11.7. The minimum atomic E-state index is -1.08. The number of ether oxygens (including phenoxy) is 2. The van der Waals surface area contributed by atoms with Crippen LogP contribution in [0.1, 0.15) is 64.7 Å². The maximum Gasteiger partial charge on any atom is 0.318 e. The van der Waals surface area contributed by atoms with Gasteiger partial charge in [0.25, 0.3) is 0 Å². The summed E-state index contributed by atoms with van der Waals surface area (Å²) >= 11 is 0. The molecule has 2 fully saturated rings. The van der Waals surface area contributed by atoms with Crippen molar-refractivity contribution < 1.29 is 29.0 Å². The molecule has 5 atom stereocenters. The van der Waals surface area contributed by atoms with Crippen LogP contribution in [0.4, 0.5) is 0 Å². The number of hydrogen-bond acceptors (Lipinski definition) is 7. The molecule has 7 nitrogen and oxygen atoms in total. The molecule has 40 heavy (non-hydrogen) atoms. The predicted octanol–water partition coefficient (Wildman–Crippen LogP) is 3.98. The van der Waals surface area contributed by atoms with E-state index in [0.717, 1.165) is 17.7 Å². The first-order chi connectivity index (χ1) is 19.2. The molecule has 7 rings (SSSR count). The summed E-state index contributed by atoms with van der Waals surface area (Å²) in [7, 11) is 2.03. The Hall–Kier alpha value is -3.81. The van der Waals surface area contributed by atoms with Crippen LogP contribution in [0.25, 0.3) is 0 Å². The molecule has 0 amide bonds. The van der Waals surface area contributed by atoms with Crippen LogP contribution in [0, 0.1) is 0 Å². The Bertz CT molecular complexity index is 1570. The lowest BCUT2D eigenvalue weighted by Gasteiger charge is -2.62. The van der Waals surface area contributed by atoms with E-state index in [1.807, 2.05) is 31.3 Å². The van der Waals surface area contributed by atoms with Gasteiger partial charge in [-0.25, -0.2) is 0 Å². The fraction of sp³-hybridized carbons (Fsp3) is 0.364. The van der Waals surface area contributed by atoms with Crippen LogP contribution in [0.3, 0.4) is 0 Å². The zero-order valence-corrected chi connectivity index (χ0v) is 22.6. The molecule has 2 aliphatic heterocycles. The minimum absolute atomic E-state index is 0.0115. The van der Waals surface area contributed by atoms with Gasteiger partial charge in [0.15, 0.2) is 29.2 Å². The van der Waals surface area contributed by atoms with Crippen molar-refractivity contribution in [3.63, 3.8) is 0 Å². The van der Waals surface area contributed by atoms with Crippen molar-refractivity contribution in [1.29, 1.82) is 0 Å². The van der Waals surface area contributed by atoms with Crippen molar-refractivity contribution >= 4 is 17.5 Å². The van der Waals surface area contributed by atoms with E-state index >= 15 is 0 Å². The van der Waals surface area contributed by atoms with Gasteiger partial charge >= 0.3 is 5.97 Å². The van der Waals surface area contributed by atoms with E-state index in [0.29, 0.717) is 41.7 Å². The molecule has 1 saturated heterocycles. The third kappa shape index (κ3) is 3.34. The predicted molar refractivity (Wildman–Crippen MR) is 147 cm³/mol. The Kier molecular flexibility index (Phi) is 5.57. The van der Waals surface area contributed by atoms with Crippen molar-refractivity contribution in [2.75, 3.05) is 13.6 Å². The molecule has 3 aromatic carbocycles. The number of esters is 1. The highest BCUT2D eigenvalue weighted by atomic mass is 16.6. The molecule has 1 saturated carbocycles. The number of carbonyl (C=O) groups is 3. The van der Waals surface area contributed by atoms with Gasteiger partial charge in [-0.15, -0.1) is 0 Å². The van der Waals surface area contributed by atoms with Crippen LogP contribution in [0.2, 0.25) is 0 Å². The summed E-state index contributed by atoms with van der Waals surface area (Å²) in [5, 5.41) is 12.2. The molecule has 0 radical (unpaired) electrons. The van der Waals surface area contributed by atoms with E-state index in [1.165, 1.54) is 0 Å². The number of Topliss-reactive ketones (excluding diaryl/α,β-unsaturated/α-hetero) is 1. The Labute approximate surface area is 232 Å². The number of rotatable bonds is 5. The number of likely N-dealkylation sites (N-methyl/N-ethyl adjacent to an activating group) is 1. The zero-order chi connectivity index (χ0) is 27.8. The van der Waals surface area contributed by atoms with Gasteiger partial charge in [0.05, 0.1) is 16.9 Å². The molecule has 2 bridgehead atoms. The van der Waals surface area contributed by atoms with Crippen molar-refractivity contribution in [3.05, 3.63) is 94.5 Å². The third-order valence-corrected chi connectivity index (χ3v) is 9.76. The number of hydrogen-bond donors (Lipinski definition) is 1. The first-order valence-corrected chi connectivity index (χ1v) is 13.9. The lowest BCUT2D eigenvalue weighted by atomic mass is 9.49. The number of carbonyl (C=O) groups excluding carboxylic acids is 3. The summed E-state index contributed by atoms with van der Waals surface area (Å²) in [6.07, 6.45) is 1.13. The fourth-order valence-electron chi connectivity index (χ4n) is 7.64. The number of piperidine rings is 1. The number of aliphatic hydroxyl groups is 1. The highest BCUT2D eigenvalue weighted by molar-refractivity contribution is 6.09. The van der Waals surface area contributed by atoms with Gasteiger partial charge in [-0.2, -0.15) is 0 Å². The van der Waals surface area contributed by atoms with Crippen LogP contribution in [-0.4, -0.2) is 58.9 Å². The molecule has 2 aliphatic carbocycles. The second kappa shape index (κ2) is 8.85. The number of nitrogens with zero attached hydrogens (tertiary/aromatic N) is 1. The minimum Gasteiger partial charge on any atom is -0.477 e. The molecule has 3 aromatic rings. The lowest BCUT2D eigenvalue weighted by molar-refractivity contribution is -0.185. The maximum atomic E-state index is 13.4. The van der Waals surface area contributed by atoms with E-state index in [2.05, 4.69) is 4.90 Å². The summed E-state index contributed by atoms with van der Waals surface area (Å²) in [4.78, 5) is 41.8. The summed E-state index contributed by atoms with van der Waals surface area (Å²) in [5.41, 5.74) is 1.70. The van der Waals surface area contributed by atoms with Crippen molar-refractivity contribution in [2.45, 2.75) is 61.7 Å². The van der Waals surface area contributed by atoms with Gasteiger partial charge in [-0.05, 0) is 63.0 Å². The molecule has 204 valence electrons. The van der Waals surface area contributed by atoms with Crippen LogP contribution in [0.15, 0.2) is 66.7 Å². The zero-order valence-electron chi connectivity index (χ0n) is 22.6. The SMILES string of the molecule is CC(C(=O)Oc1ccc2c3c1OC1C(=O)CC[C@@]4(O)C(C2)N(C)CCC314)c1cccc(C(=O)c2ccccc2)c1. The highest BCUT2D eigenvalue weighted by Crippen LogP contribution is 2.64. The summed E-state index contributed by atoms with van der Waals surface area (Å²) in [5.74, 6) is -0.594. The molecule has 1 spiro atoms. The lowest BCUT2D eigenvalue weighted by Crippen LogP contribution is -2.76. The van der Waals surface area contributed by atoms with Gasteiger partial charge < -0.3 is 19.5 Å². The van der Waals surface area contributed by atoms with Crippen LogP contribution in [-0.2, 0) is 21.4 Å². The molecule has 0 aromatic heterocycles. The van der Waals surface area contributed by atoms with Crippen molar-refractivity contribution in [1.82, 2.24) is 4.90 Å². The van der Waals surface area contributed by atoms with Gasteiger partial charge in [-0.3, -0.25) is 14.4 Å². The average molecular weight is 538 g/mol. The Balaban J connectivity index is 1.21. The Morgan fingerprint density at radius 2 is 1.82 bits per heavy atom. The quantitative estimate of drug-likeness (QED) is 0.299. The van der Waals surface area contributed by atoms with E-state index in [4.69, 9.17) is 9.47 Å². The second-order valence-electron chi connectivity index (χ2n) is 11.7. The van der Waals surface area contributed by atoms with Crippen molar-refractivity contribution in [2.24, 2.45) is 0 Å². The van der Waals surface area contributed by atoms with Gasteiger partial charge in [0.2, 0.25) is 0 Å².